The van der Waals surface area contributed by atoms with Gasteiger partial charge in [-0.15, -0.1) is 0 Å². The maximum Gasteiger partial charge on any atom is 0.0309 e. The van der Waals surface area contributed by atoms with E-state index in [1.165, 1.54) is 44.3 Å². The van der Waals surface area contributed by atoms with Gasteiger partial charge < -0.3 is 5.32 Å². The van der Waals surface area contributed by atoms with Crippen LogP contribution in [0.1, 0.15) is 45.1 Å². The van der Waals surface area contributed by atoms with Gasteiger partial charge in [-0.3, -0.25) is 4.90 Å². The molecule has 1 aliphatic heterocycles. The molecule has 0 radical (unpaired) electrons. The average Bonchev–Trinajstić information content (AvgIpc) is 2.75. The van der Waals surface area contributed by atoms with Gasteiger partial charge in [-0.1, -0.05) is 43.2 Å². The molecule has 1 unspecified atom stereocenters. The van der Waals surface area contributed by atoms with Crippen molar-refractivity contribution in [1.82, 2.24) is 10.2 Å². The van der Waals surface area contributed by atoms with Crippen molar-refractivity contribution in [2.45, 2.75) is 57.5 Å². The number of likely N-dealkylation sites (N-methyl/N-ethyl adjacent to an activating group) is 1. The van der Waals surface area contributed by atoms with E-state index in [1.54, 1.807) is 0 Å². The second kappa shape index (κ2) is 7.24. The van der Waals surface area contributed by atoms with E-state index < -0.39 is 0 Å². The van der Waals surface area contributed by atoms with Crippen LogP contribution in [0.15, 0.2) is 30.3 Å². The third-order valence-corrected chi connectivity index (χ3v) is 4.90. The van der Waals surface area contributed by atoms with Crippen molar-refractivity contribution >= 4 is 0 Å². The number of benzene rings is 1. The average molecular weight is 274 g/mol. The maximum absolute atomic E-state index is 3.57. The van der Waals surface area contributed by atoms with E-state index in [1.807, 2.05) is 0 Å². The molecule has 0 aromatic heterocycles. The Hall–Kier alpha value is -0.860. The molecule has 2 nitrogen and oxygen atoms in total. The van der Waals surface area contributed by atoms with Crippen LogP contribution in [0.2, 0.25) is 0 Å². The zero-order valence-corrected chi connectivity index (χ0v) is 13.4. The molecule has 112 valence electrons. The monoisotopic (exact) mass is 274 g/mol. The minimum Gasteiger partial charge on any atom is -0.315 e. The molecular weight excluding hydrogens is 244 g/mol. The first-order chi connectivity index (χ1) is 9.64. The Bertz CT molecular complexity index is 378. The lowest BCUT2D eigenvalue weighted by Crippen LogP contribution is -2.58. The molecule has 0 saturated carbocycles. The highest BCUT2D eigenvalue weighted by Gasteiger charge is 2.34. The first kappa shape index (κ1) is 15.5. The van der Waals surface area contributed by atoms with Crippen molar-refractivity contribution in [1.29, 1.82) is 0 Å². The largest absolute Gasteiger partial charge is 0.315 e. The number of rotatable bonds is 5. The number of nitrogens with one attached hydrogen (secondary N) is 1. The summed E-state index contributed by atoms with van der Waals surface area (Å²) in [6, 6.07) is 11.3. The molecule has 0 aliphatic carbocycles. The third-order valence-electron chi connectivity index (χ3n) is 4.90. The number of likely N-dealkylation sites (tertiary alicyclic amines) is 1. The lowest BCUT2D eigenvalue weighted by Gasteiger charge is -2.44. The Kier molecular flexibility index (Phi) is 5.62. The fourth-order valence-electron chi connectivity index (χ4n) is 3.42. The maximum atomic E-state index is 3.57. The summed E-state index contributed by atoms with van der Waals surface area (Å²) in [6.07, 6.45) is 6.60. The minimum absolute atomic E-state index is 0.203. The highest BCUT2D eigenvalue weighted by Crippen LogP contribution is 2.25. The van der Waals surface area contributed by atoms with Crippen LogP contribution < -0.4 is 5.32 Å². The summed E-state index contributed by atoms with van der Waals surface area (Å²) < 4.78 is 0. The van der Waals surface area contributed by atoms with E-state index in [4.69, 9.17) is 0 Å². The van der Waals surface area contributed by atoms with Crippen LogP contribution in [-0.4, -0.2) is 36.6 Å². The topological polar surface area (TPSA) is 15.3 Å². The van der Waals surface area contributed by atoms with Crippen LogP contribution in [0.5, 0.6) is 0 Å². The molecule has 1 aromatic rings. The molecule has 0 amide bonds. The van der Waals surface area contributed by atoms with Crippen LogP contribution in [0.25, 0.3) is 0 Å². The Morgan fingerprint density at radius 3 is 2.20 bits per heavy atom. The molecule has 1 heterocycles. The molecule has 0 spiro atoms. The summed E-state index contributed by atoms with van der Waals surface area (Å²) in [5, 5.41) is 3.57. The first-order valence-corrected chi connectivity index (χ1v) is 8.11. The van der Waals surface area contributed by atoms with Gasteiger partial charge >= 0.3 is 0 Å². The first-order valence-electron chi connectivity index (χ1n) is 8.11. The lowest BCUT2D eigenvalue weighted by molar-refractivity contribution is 0.0865. The predicted octanol–water partition coefficient (Wildman–Crippen LogP) is 3.47. The molecule has 1 aliphatic rings. The molecule has 1 saturated heterocycles. The van der Waals surface area contributed by atoms with Gasteiger partial charge in [0.15, 0.2) is 0 Å². The van der Waals surface area contributed by atoms with E-state index >= 15 is 0 Å². The van der Waals surface area contributed by atoms with Gasteiger partial charge in [0.1, 0.15) is 0 Å². The summed E-state index contributed by atoms with van der Waals surface area (Å²) in [4.78, 5) is 2.70. The standard InChI is InChI=1S/C18H30N2/c1-18(2,20-13-9-4-5-10-14-20)17(19-3)15-16-11-7-6-8-12-16/h6-8,11-12,17,19H,4-5,9-10,13-15H2,1-3H3. The van der Waals surface area contributed by atoms with Crippen molar-refractivity contribution in [3.8, 4) is 0 Å². The van der Waals surface area contributed by atoms with E-state index in [9.17, 15) is 0 Å². The summed E-state index contributed by atoms with van der Waals surface area (Å²) in [7, 11) is 2.10. The van der Waals surface area contributed by atoms with Gasteiger partial charge in [-0.25, -0.2) is 0 Å². The number of hydrogen-bond donors (Lipinski definition) is 1. The van der Waals surface area contributed by atoms with Gasteiger partial charge in [0.25, 0.3) is 0 Å². The molecule has 1 aromatic carbocycles. The quantitative estimate of drug-likeness (QED) is 0.884. The summed E-state index contributed by atoms with van der Waals surface area (Å²) in [5.41, 5.74) is 1.63. The highest BCUT2D eigenvalue weighted by molar-refractivity contribution is 5.17. The molecule has 1 N–H and O–H groups in total. The van der Waals surface area contributed by atoms with Crippen LogP contribution in [-0.2, 0) is 6.42 Å². The summed E-state index contributed by atoms with van der Waals surface area (Å²) in [5.74, 6) is 0. The fourth-order valence-corrected chi connectivity index (χ4v) is 3.42. The lowest BCUT2D eigenvalue weighted by atomic mass is 9.87. The summed E-state index contributed by atoms with van der Waals surface area (Å²) >= 11 is 0. The van der Waals surface area contributed by atoms with E-state index in [0.29, 0.717) is 6.04 Å². The Labute approximate surface area is 124 Å². The molecular formula is C18H30N2. The molecule has 1 atom stereocenters. The van der Waals surface area contributed by atoms with E-state index in [-0.39, 0.29) is 5.54 Å². The normalized spacial score (nSPS) is 19.6. The second-order valence-corrected chi connectivity index (χ2v) is 6.59. The van der Waals surface area contributed by atoms with Crippen molar-refractivity contribution in [2.75, 3.05) is 20.1 Å². The smallest absolute Gasteiger partial charge is 0.0309 e. The SMILES string of the molecule is CNC(Cc1ccccc1)C(C)(C)N1CCCCCC1. The third kappa shape index (κ3) is 3.83. The fraction of sp³-hybridized carbons (Fsp3) is 0.667. The van der Waals surface area contributed by atoms with Crippen LogP contribution in [0.4, 0.5) is 0 Å². The predicted molar refractivity (Wildman–Crippen MR) is 87.1 cm³/mol. The number of nitrogens with zero attached hydrogens (tertiary/aromatic N) is 1. The number of hydrogen-bond acceptors (Lipinski definition) is 2. The molecule has 1 fully saturated rings. The molecule has 2 heteroatoms. The molecule has 2 rings (SSSR count). The molecule has 20 heavy (non-hydrogen) atoms. The Balaban J connectivity index is 2.07. The van der Waals surface area contributed by atoms with Gasteiger partial charge in [0, 0.05) is 11.6 Å². The van der Waals surface area contributed by atoms with Crippen LogP contribution in [0.3, 0.4) is 0 Å². The van der Waals surface area contributed by atoms with Crippen LogP contribution >= 0.6 is 0 Å². The second-order valence-electron chi connectivity index (χ2n) is 6.59. The van der Waals surface area contributed by atoms with Crippen LogP contribution in [0, 0.1) is 0 Å². The minimum atomic E-state index is 0.203. The van der Waals surface area contributed by atoms with E-state index in [0.717, 1.165) is 6.42 Å². The Morgan fingerprint density at radius 2 is 1.65 bits per heavy atom. The Morgan fingerprint density at radius 1 is 1.05 bits per heavy atom. The van der Waals surface area contributed by atoms with Gasteiger partial charge in [-0.2, -0.15) is 0 Å². The van der Waals surface area contributed by atoms with Gasteiger partial charge in [0.05, 0.1) is 0 Å². The van der Waals surface area contributed by atoms with Gasteiger partial charge in [-0.05, 0) is 58.8 Å². The highest BCUT2D eigenvalue weighted by atomic mass is 15.2. The van der Waals surface area contributed by atoms with Crippen molar-refractivity contribution < 1.29 is 0 Å². The molecule has 0 bridgehead atoms. The zero-order valence-electron chi connectivity index (χ0n) is 13.4. The van der Waals surface area contributed by atoms with Crippen molar-refractivity contribution in [3.05, 3.63) is 35.9 Å². The summed E-state index contributed by atoms with van der Waals surface area (Å²) in [6.45, 7) is 7.31. The van der Waals surface area contributed by atoms with Gasteiger partial charge in [0.2, 0.25) is 0 Å². The zero-order chi connectivity index (χ0) is 14.4. The van der Waals surface area contributed by atoms with Crippen molar-refractivity contribution in [2.24, 2.45) is 0 Å². The van der Waals surface area contributed by atoms with Crippen molar-refractivity contribution in [3.63, 3.8) is 0 Å². The van der Waals surface area contributed by atoms with E-state index in [2.05, 4.69) is 61.4 Å².